The molecule has 5 nitrogen and oxygen atoms in total. The van der Waals surface area contributed by atoms with Gasteiger partial charge in [-0.15, -0.1) is 11.3 Å². The van der Waals surface area contributed by atoms with Crippen LogP contribution in [0.4, 0.5) is 0 Å². The van der Waals surface area contributed by atoms with Crippen LogP contribution in [0.1, 0.15) is 15.2 Å². The number of hydrogen-bond acceptors (Lipinski definition) is 5. The molecule has 0 unspecified atom stereocenters. The first-order valence-electron chi connectivity index (χ1n) is 7.66. The summed E-state index contributed by atoms with van der Waals surface area (Å²) in [5.74, 6) is -0.433. The Hall–Kier alpha value is -2.96. The number of nitrogens with zero attached hydrogens (tertiary/aromatic N) is 1. The third kappa shape index (κ3) is 2.89. The van der Waals surface area contributed by atoms with Gasteiger partial charge in [0.1, 0.15) is 16.7 Å². The molecule has 0 bridgehead atoms. The highest BCUT2D eigenvalue weighted by Crippen LogP contribution is 2.34. The number of hydrazone groups is 1. The molecule has 0 aliphatic rings. The molecule has 128 valence electrons. The fourth-order valence-electron chi connectivity index (χ4n) is 2.55. The summed E-state index contributed by atoms with van der Waals surface area (Å²) in [5.41, 5.74) is 2.92. The van der Waals surface area contributed by atoms with E-state index in [1.165, 1.54) is 23.8 Å². The predicted octanol–water partition coefficient (Wildman–Crippen LogP) is 4.43. The fraction of sp³-hybridized carbons (Fsp3) is 0. The Morgan fingerprint density at radius 2 is 1.85 bits per heavy atom. The normalized spacial score (nSPS) is 11.4. The van der Waals surface area contributed by atoms with Crippen LogP contribution in [-0.2, 0) is 0 Å². The molecule has 0 spiro atoms. The molecule has 0 radical (unpaired) electrons. The molecule has 2 aromatic heterocycles. The van der Waals surface area contributed by atoms with Crippen molar-refractivity contribution in [2.45, 2.75) is 0 Å². The molecule has 4 rings (SSSR count). The van der Waals surface area contributed by atoms with Gasteiger partial charge >= 0.3 is 0 Å². The van der Waals surface area contributed by atoms with Crippen LogP contribution < -0.4 is 10.9 Å². The lowest BCUT2D eigenvalue weighted by Crippen LogP contribution is -2.17. The van der Waals surface area contributed by atoms with Crippen LogP contribution in [0, 0.1) is 0 Å². The smallest absolute Gasteiger partial charge is 0.283 e. The average molecular weight is 383 g/mol. The first-order chi connectivity index (χ1) is 12.6. The van der Waals surface area contributed by atoms with Crippen molar-refractivity contribution in [3.05, 3.63) is 80.5 Å². The van der Waals surface area contributed by atoms with Crippen molar-refractivity contribution in [1.82, 2.24) is 5.43 Å². The monoisotopic (exact) mass is 382 g/mol. The highest BCUT2D eigenvalue weighted by molar-refractivity contribution is 7.21. The van der Waals surface area contributed by atoms with Gasteiger partial charge in [-0.05, 0) is 18.2 Å². The Bertz CT molecular complexity index is 1230. The third-order valence-corrected chi connectivity index (χ3v) is 5.49. The molecule has 2 aromatic carbocycles. The molecule has 26 heavy (non-hydrogen) atoms. The van der Waals surface area contributed by atoms with E-state index >= 15 is 0 Å². The maximum absolute atomic E-state index is 12.4. The molecule has 7 heteroatoms. The second-order valence-electron chi connectivity index (χ2n) is 5.46. The summed E-state index contributed by atoms with van der Waals surface area (Å²) in [6.45, 7) is 0. The second-order valence-corrected chi connectivity index (χ2v) is 6.89. The SMILES string of the molecule is O=C(NN=Cc1coc2ccccc2c1=O)c1sc2ccccc2c1Cl. The maximum Gasteiger partial charge on any atom is 0.283 e. The number of thiophene rings is 1. The zero-order valence-electron chi connectivity index (χ0n) is 13.2. The van der Waals surface area contributed by atoms with E-state index in [1.807, 2.05) is 24.3 Å². The lowest BCUT2D eigenvalue weighted by molar-refractivity contribution is 0.0959. The summed E-state index contributed by atoms with van der Waals surface area (Å²) in [4.78, 5) is 25.1. The molecule has 1 N–H and O–H groups in total. The lowest BCUT2D eigenvalue weighted by Gasteiger charge is -1.99. The molecule has 2 heterocycles. The number of hydrogen-bond donors (Lipinski definition) is 1. The molecule has 0 saturated carbocycles. The number of amides is 1. The van der Waals surface area contributed by atoms with Crippen LogP contribution >= 0.6 is 22.9 Å². The average Bonchev–Trinajstić information content (AvgIpc) is 3.01. The molecular formula is C19H11ClN2O3S. The molecule has 0 saturated heterocycles. The number of para-hydroxylation sites is 1. The number of nitrogens with one attached hydrogen (secondary N) is 1. The van der Waals surface area contributed by atoms with Crippen molar-refractivity contribution < 1.29 is 9.21 Å². The van der Waals surface area contributed by atoms with Gasteiger partial charge in [0, 0.05) is 10.1 Å². The number of rotatable bonds is 3. The van der Waals surface area contributed by atoms with E-state index in [9.17, 15) is 9.59 Å². The number of carbonyl (C=O) groups excluding carboxylic acids is 1. The molecule has 0 aliphatic heterocycles. The third-order valence-electron chi connectivity index (χ3n) is 3.82. The molecule has 4 aromatic rings. The second kappa shape index (κ2) is 6.74. The summed E-state index contributed by atoms with van der Waals surface area (Å²) in [7, 11) is 0. The van der Waals surface area contributed by atoms with Crippen molar-refractivity contribution >= 4 is 56.1 Å². The van der Waals surface area contributed by atoms with Crippen molar-refractivity contribution in [2.24, 2.45) is 5.10 Å². The van der Waals surface area contributed by atoms with E-state index in [-0.39, 0.29) is 11.0 Å². The predicted molar refractivity (Wildman–Crippen MR) is 104 cm³/mol. The Balaban J connectivity index is 1.58. The molecular weight excluding hydrogens is 372 g/mol. The summed E-state index contributed by atoms with van der Waals surface area (Å²) in [5, 5.41) is 5.53. The van der Waals surface area contributed by atoms with Crippen LogP contribution in [0.25, 0.3) is 21.1 Å². The van der Waals surface area contributed by atoms with Crippen LogP contribution in [0.3, 0.4) is 0 Å². The Morgan fingerprint density at radius 3 is 2.65 bits per heavy atom. The largest absolute Gasteiger partial charge is 0.463 e. The van der Waals surface area contributed by atoms with Gasteiger partial charge in [0.05, 0.1) is 22.2 Å². The van der Waals surface area contributed by atoms with Gasteiger partial charge in [-0.3, -0.25) is 9.59 Å². The van der Waals surface area contributed by atoms with Gasteiger partial charge in [-0.1, -0.05) is 41.9 Å². The Labute approximate surface area is 156 Å². The van der Waals surface area contributed by atoms with Crippen molar-refractivity contribution in [1.29, 1.82) is 0 Å². The van der Waals surface area contributed by atoms with E-state index in [1.54, 1.807) is 24.3 Å². The zero-order chi connectivity index (χ0) is 18.1. The first-order valence-corrected chi connectivity index (χ1v) is 8.85. The minimum Gasteiger partial charge on any atom is -0.463 e. The Morgan fingerprint density at radius 1 is 1.12 bits per heavy atom. The van der Waals surface area contributed by atoms with Gasteiger partial charge in [0.25, 0.3) is 5.91 Å². The van der Waals surface area contributed by atoms with Crippen molar-refractivity contribution in [3.63, 3.8) is 0 Å². The van der Waals surface area contributed by atoms with Crippen LogP contribution in [-0.4, -0.2) is 12.1 Å². The van der Waals surface area contributed by atoms with Gasteiger partial charge in [-0.2, -0.15) is 5.10 Å². The van der Waals surface area contributed by atoms with Crippen LogP contribution in [0.15, 0.2) is 69.1 Å². The van der Waals surface area contributed by atoms with E-state index in [0.717, 1.165) is 10.1 Å². The summed E-state index contributed by atoms with van der Waals surface area (Å²) >= 11 is 7.56. The molecule has 0 fully saturated rings. The number of halogens is 1. The lowest BCUT2D eigenvalue weighted by atomic mass is 10.2. The number of fused-ring (bicyclic) bond motifs is 2. The number of benzene rings is 2. The topological polar surface area (TPSA) is 71.7 Å². The molecule has 0 atom stereocenters. The van der Waals surface area contributed by atoms with E-state index in [2.05, 4.69) is 10.5 Å². The van der Waals surface area contributed by atoms with Gasteiger partial charge in [0.2, 0.25) is 5.43 Å². The van der Waals surface area contributed by atoms with Crippen LogP contribution in [0.5, 0.6) is 0 Å². The van der Waals surface area contributed by atoms with E-state index < -0.39 is 5.91 Å². The van der Waals surface area contributed by atoms with E-state index in [4.69, 9.17) is 16.0 Å². The highest BCUT2D eigenvalue weighted by atomic mass is 35.5. The fourth-order valence-corrected chi connectivity index (χ4v) is 3.96. The quantitative estimate of drug-likeness (QED) is 0.421. The summed E-state index contributed by atoms with van der Waals surface area (Å²) < 4.78 is 6.32. The first kappa shape index (κ1) is 16.5. The summed E-state index contributed by atoms with van der Waals surface area (Å²) in [6, 6.07) is 14.4. The Kier molecular flexibility index (Phi) is 4.28. The van der Waals surface area contributed by atoms with Gasteiger partial charge in [-0.25, -0.2) is 5.43 Å². The van der Waals surface area contributed by atoms with Crippen LogP contribution in [0.2, 0.25) is 5.02 Å². The zero-order valence-corrected chi connectivity index (χ0v) is 14.8. The minimum atomic E-state index is -0.433. The van der Waals surface area contributed by atoms with Gasteiger partial charge in [0.15, 0.2) is 0 Å². The van der Waals surface area contributed by atoms with Crippen molar-refractivity contribution in [3.8, 4) is 0 Å². The highest BCUT2D eigenvalue weighted by Gasteiger charge is 2.16. The maximum atomic E-state index is 12.4. The number of carbonyl (C=O) groups is 1. The van der Waals surface area contributed by atoms with Gasteiger partial charge < -0.3 is 4.42 Å². The molecule has 1 amide bonds. The standard InChI is InChI=1S/C19H11ClN2O3S/c20-16-13-6-2-4-8-15(13)26-18(16)19(24)22-21-9-11-10-25-14-7-3-1-5-12(14)17(11)23/h1-10H,(H,22,24). The summed E-state index contributed by atoms with van der Waals surface area (Å²) in [6.07, 6.45) is 2.57. The molecule has 0 aliphatic carbocycles. The van der Waals surface area contributed by atoms with Crippen molar-refractivity contribution in [2.75, 3.05) is 0 Å². The van der Waals surface area contributed by atoms with E-state index in [0.29, 0.717) is 20.9 Å². The minimum absolute atomic E-state index is 0.218.